The summed E-state index contributed by atoms with van der Waals surface area (Å²) < 4.78 is 0. The maximum atomic E-state index is 12.3. The molecule has 2 amide bonds. The van der Waals surface area contributed by atoms with Crippen LogP contribution < -0.4 is 0 Å². The van der Waals surface area contributed by atoms with Crippen LogP contribution in [0.3, 0.4) is 0 Å². The molecule has 0 aliphatic heterocycles. The lowest BCUT2D eigenvalue weighted by Crippen LogP contribution is -2.17. The average molecular weight is 402 g/mol. The third kappa shape index (κ3) is 5.29. The molecular formula is C24H22N2O4. The first-order valence-electron chi connectivity index (χ1n) is 9.87. The highest BCUT2D eigenvalue weighted by molar-refractivity contribution is 6.05. The summed E-state index contributed by atoms with van der Waals surface area (Å²) in [6, 6.07) is 13.2. The van der Waals surface area contributed by atoms with E-state index in [9.17, 15) is 19.2 Å². The second-order valence-electron chi connectivity index (χ2n) is 7.25. The first kappa shape index (κ1) is 21.2. The fourth-order valence-corrected chi connectivity index (χ4v) is 3.52. The largest absolute Gasteiger partial charge is 0.298 e. The molecule has 0 heterocycles. The summed E-state index contributed by atoms with van der Waals surface area (Å²) in [5.74, 6) is -0.483. The minimum Gasteiger partial charge on any atom is -0.298 e. The lowest BCUT2D eigenvalue weighted by Gasteiger charge is -2.23. The van der Waals surface area contributed by atoms with Crippen molar-refractivity contribution in [3.8, 4) is 0 Å². The van der Waals surface area contributed by atoms with Crippen molar-refractivity contribution in [1.82, 2.24) is 0 Å². The van der Waals surface area contributed by atoms with Gasteiger partial charge in [0.1, 0.15) is 0 Å². The minimum atomic E-state index is -0.416. The molecule has 0 saturated heterocycles. The third-order valence-electron chi connectivity index (χ3n) is 5.26. The number of hydrogen-bond acceptors (Lipinski definition) is 4. The number of carbonyl (C=O) groups is 4. The minimum absolute atomic E-state index is 0.175. The van der Waals surface area contributed by atoms with Gasteiger partial charge in [0.05, 0.1) is 11.1 Å². The molecule has 152 valence electrons. The molecule has 1 aliphatic rings. The zero-order valence-electron chi connectivity index (χ0n) is 16.4. The molecule has 6 nitrogen and oxygen atoms in total. The van der Waals surface area contributed by atoms with E-state index in [1.54, 1.807) is 61.0 Å². The van der Waals surface area contributed by atoms with Crippen molar-refractivity contribution in [2.45, 2.75) is 25.7 Å². The van der Waals surface area contributed by atoms with E-state index < -0.39 is 11.8 Å². The normalized spacial score (nSPS) is 19.1. The molecule has 0 N–H and O–H groups in total. The average Bonchev–Trinajstić information content (AvgIpc) is 2.81. The Balaban J connectivity index is 1.53. The molecular weight excluding hydrogens is 380 g/mol. The number of carbonyl (C=O) groups excluding carboxylic acids is 4. The van der Waals surface area contributed by atoms with Crippen molar-refractivity contribution in [2.75, 3.05) is 0 Å². The van der Waals surface area contributed by atoms with E-state index in [1.807, 2.05) is 0 Å². The van der Waals surface area contributed by atoms with Crippen LogP contribution in [0.5, 0.6) is 0 Å². The fraction of sp³-hybridized carbons (Fsp3) is 0.250. The molecule has 0 radical (unpaired) electrons. The van der Waals surface area contributed by atoms with E-state index in [1.165, 1.54) is 0 Å². The quantitative estimate of drug-likeness (QED) is 0.533. The zero-order chi connectivity index (χ0) is 21.3. The predicted octanol–water partition coefficient (Wildman–Crippen LogP) is 4.24. The van der Waals surface area contributed by atoms with Crippen molar-refractivity contribution in [2.24, 2.45) is 21.8 Å². The third-order valence-corrected chi connectivity index (χ3v) is 5.26. The number of rotatable bonds is 6. The molecule has 1 fully saturated rings. The highest BCUT2D eigenvalue weighted by atomic mass is 16.2. The highest BCUT2D eigenvalue weighted by Gasteiger charge is 2.20. The maximum absolute atomic E-state index is 12.3. The van der Waals surface area contributed by atoms with Crippen LogP contribution >= 0.6 is 0 Å². The van der Waals surface area contributed by atoms with E-state index in [-0.39, 0.29) is 11.8 Å². The van der Waals surface area contributed by atoms with E-state index in [0.717, 1.165) is 25.7 Å². The lowest BCUT2D eigenvalue weighted by molar-refractivity contribution is 0.0990. The van der Waals surface area contributed by atoms with Crippen LogP contribution in [-0.2, 0) is 0 Å². The van der Waals surface area contributed by atoms with Crippen LogP contribution in [0.1, 0.15) is 67.1 Å². The summed E-state index contributed by atoms with van der Waals surface area (Å²) in [6.07, 6.45) is 7.99. The molecule has 2 aromatic rings. The Labute approximate surface area is 174 Å². The van der Waals surface area contributed by atoms with Crippen LogP contribution in [0.15, 0.2) is 58.5 Å². The first-order valence-corrected chi connectivity index (χ1v) is 9.87. The molecule has 3 rings (SSSR count). The van der Waals surface area contributed by atoms with Crippen molar-refractivity contribution in [1.29, 1.82) is 0 Å². The number of benzene rings is 2. The van der Waals surface area contributed by atoms with Gasteiger partial charge >= 0.3 is 0 Å². The number of aliphatic imine (C=N–C) groups is 2. The Morgan fingerprint density at radius 3 is 1.40 bits per heavy atom. The van der Waals surface area contributed by atoms with Gasteiger partial charge in [-0.15, -0.1) is 0 Å². The maximum Gasteiger partial charge on any atom is 0.277 e. The van der Waals surface area contributed by atoms with Gasteiger partial charge in [-0.2, -0.15) is 0 Å². The number of aldehydes is 2. The lowest BCUT2D eigenvalue weighted by atomic mass is 9.83. The number of hydrogen-bond donors (Lipinski definition) is 0. The molecule has 0 bridgehead atoms. The van der Waals surface area contributed by atoms with Crippen LogP contribution in [0.4, 0.5) is 0 Å². The SMILES string of the molecule is O=Cc1ccccc1C(=O)N=CC1CCC(C=NC(=O)c2ccccc2C=O)CC1. The molecule has 1 saturated carbocycles. The van der Waals surface area contributed by atoms with Crippen molar-refractivity contribution < 1.29 is 19.2 Å². The molecule has 0 spiro atoms. The van der Waals surface area contributed by atoms with Gasteiger partial charge in [0.2, 0.25) is 0 Å². The van der Waals surface area contributed by atoms with Gasteiger partial charge in [-0.1, -0.05) is 36.4 Å². The van der Waals surface area contributed by atoms with Gasteiger partial charge in [-0.25, -0.2) is 9.98 Å². The van der Waals surface area contributed by atoms with E-state index in [0.29, 0.717) is 34.8 Å². The summed E-state index contributed by atoms with van der Waals surface area (Å²) in [5, 5.41) is 0. The summed E-state index contributed by atoms with van der Waals surface area (Å²) in [6.45, 7) is 0. The van der Waals surface area contributed by atoms with Gasteiger partial charge < -0.3 is 0 Å². The Hall–Kier alpha value is -3.54. The van der Waals surface area contributed by atoms with Gasteiger partial charge in [-0.05, 0) is 49.7 Å². The second-order valence-corrected chi connectivity index (χ2v) is 7.25. The smallest absolute Gasteiger partial charge is 0.277 e. The molecule has 0 aromatic heterocycles. The van der Waals surface area contributed by atoms with Gasteiger partial charge in [0.25, 0.3) is 11.8 Å². The van der Waals surface area contributed by atoms with Crippen molar-refractivity contribution in [3.05, 3.63) is 70.8 Å². The number of amides is 2. The Morgan fingerprint density at radius 2 is 1.03 bits per heavy atom. The molecule has 0 atom stereocenters. The molecule has 6 heteroatoms. The van der Waals surface area contributed by atoms with E-state index in [4.69, 9.17) is 0 Å². The van der Waals surface area contributed by atoms with Crippen LogP contribution in [0.2, 0.25) is 0 Å². The van der Waals surface area contributed by atoms with Gasteiger partial charge in [0.15, 0.2) is 12.6 Å². The molecule has 2 aromatic carbocycles. The first-order chi connectivity index (χ1) is 14.6. The summed E-state index contributed by atoms with van der Waals surface area (Å²) in [5.41, 5.74) is 1.28. The van der Waals surface area contributed by atoms with E-state index >= 15 is 0 Å². The second kappa shape index (κ2) is 10.3. The molecule has 30 heavy (non-hydrogen) atoms. The Kier molecular flexibility index (Phi) is 7.27. The predicted molar refractivity (Wildman–Crippen MR) is 115 cm³/mol. The molecule has 0 unspecified atom stereocenters. The standard InChI is InChI=1S/C24H22N2O4/c27-15-19-5-1-3-7-21(19)23(29)25-13-17-9-11-18(12-10-17)14-26-24(30)22-8-4-2-6-20(22)16-28/h1-8,13-18H,9-12H2. The summed E-state index contributed by atoms with van der Waals surface area (Å²) in [7, 11) is 0. The van der Waals surface area contributed by atoms with Crippen LogP contribution in [0, 0.1) is 11.8 Å². The molecule has 1 aliphatic carbocycles. The number of nitrogens with zero attached hydrogens (tertiary/aromatic N) is 2. The summed E-state index contributed by atoms with van der Waals surface area (Å²) in [4.78, 5) is 54.7. The van der Waals surface area contributed by atoms with Crippen LogP contribution in [0.25, 0.3) is 0 Å². The monoisotopic (exact) mass is 402 g/mol. The highest BCUT2D eigenvalue weighted by Crippen LogP contribution is 2.27. The van der Waals surface area contributed by atoms with Crippen molar-refractivity contribution >= 4 is 36.8 Å². The Morgan fingerprint density at radius 1 is 0.667 bits per heavy atom. The van der Waals surface area contributed by atoms with Gasteiger partial charge in [-0.3, -0.25) is 19.2 Å². The fourth-order valence-electron chi connectivity index (χ4n) is 3.52. The van der Waals surface area contributed by atoms with Crippen molar-refractivity contribution in [3.63, 3.8) is 0 Å². The van der Waals surface area contributed by atoms with Gasteiger partial charge in [0, 0.05) is 23.6 Å². The topological polar surface area (TPSA) is 93.0 Å². The zero-order valence-corrected chi connectivity index (χ0v) is 16.4. The van der Waals surface area contributed by atoms with E-state index in [2.05, 4.69) is 9.98 Å². The van der Waals surface area contributed by atoms with Crippen LogP contribution in [-0.4, -0.2) is 36.8 Å². The Bertz CT molecular complexity index is 920. The summed E-state index contributed by atoms with van der Waals surface area (Å²) >= 11 is 0.